The Kier molecular flexibility index (Phi) is 5.47. The fourth-order valence-electron chi connectivity index (χ4n) is 2.07. The van der Waals surface area contributed by atoms with Gasteiger partial charge in [0.1, 0.15) is 0 Å². The summed E-state index contributed by atoms with van der Waals surface area (Å²) in [6.07, 6.45) is 2.98. The van der Waals surface area contributed by atoms with Gasteiger partial charge in [-0.15, -0.1) is 0 Å². The maximum absolute atomic E-state index is 12.3. The predicted molar refractivity (Wildman–Crippen MR) is 81.6 cm³/mol. The van der Waals surface area contributed by atoms with Crippen molar-refractivity contribution in [2.75, 3.05) is 6.26 Å². The molecule has 0 saturated carbocycles. The third kappa shape index (κ3) is 3.23. The normalized spacial score (nSPS) is 14.1. The zero-order valence-corrected chi connectivity index (χ0v) is 13.3. The van der Waals surface area contributed by atoms with Crippen LogP contribution in [0.1, 0.15) is 33.3 Å². The first-order valence-corrected chi connectivity index (χ1v) is 9.36. The van der Waals surface area contributed by atoms with E-state index in [0.29, 0.717) is 16.7 Å². The molecule has 0 radical (unpaired) electrons. The van der Waals surface area contributed by atoms with Gasteiger partial charge >= 0.3 is 0 Å². The highest BCUT2D eigenvalue weighted by atomic mass is 32.3. The largest absolute Gasteiger partial charge is 0.230 e. The molecule has 0 bridgehead atoms. The Morgan fingerprint density at radius 3 is 1.88 bits per heavy atom. The lowest BCUT2D eigenvalue weighted by Gasteiger charge is -2.44. The summed E-state index contributed by atoms with van der Waals surface area (Å²) < 4.78 is 12.3. The van der Waals surface area contributed by atoms with E-state index in [0.717, 1.165) is 5.56 Å². The van der Waals surface area contributed by atoms with Gasteiger partial charge in [-0.25, -0.2) is 14.2 Å². The first kappa shape index (κ1) is 15.0. The lowest BCUT2D eigenvalue weighted by molar-refractivity contribution is 0.911. The lowest BCUT2D eigenvalue weighted by Crippen LogP contribution is -2.20. The molecule has 0 nitrogen and oxygen atoms in total. The third-order valence-corrected chi connectivity index (χ3v) is 9.41. The molecule has 0 saturated heterocycles. The first-order chi connectivity index (χ1) is 7.92. The Labute approximate surface area is 109 Å². The van der Waals surface area contributed by atoms with Gasteiger partial charge in [0, 0.05) is 6.16 Å². The van der Waals surface area contributed by atoms with E-state index in [1.807, 2.05) is 0 Å². The van der Waals surface area contributed by atoms with Crippen LogP contribution in [0.2, 0.25) is 0 Å². The molecule has 0 spiro atoms. The highest BCUT2D eigenvalue weighted by Gasteiger charge is 2.28. The molecule has 3 heteroatoms. The van der Waals surface area contributed by atoms with E-state index in [-0.39, 0.29) is 0 Å². The van der Waals surface area contributed by atoms with Crippen molar-refractivity contribution in [3.05, 3.63) is 29.8 Å². The average molecular weight is 274 g/mol. The van der Waals surface area contributed by atoms with Crippen LogP contribution in [0, 0.1) is 0 Å². The minimum Gasteiger partial charge on any atom is -0.230 e. The molecular weight excluding hydrogens is 250 g/mol. The monoisotopic (exact) mass is 274 g/mol. The number of hydrogen-bond donors (Lipinski definition) is 0. The minimum absolute atomic E-state index is 0.484. The number of rotatable bonds is 5. The average Bonchev–Trinajstić information content (AvgIpc) is 2.28. The second-order valence-electron chi connectivity index (χ2n) is 5.10. The van der Waals surface area contributed by atoms with E-state index in [1.165, 1.54) is 4.90 Å². The lowest BCUT2D eigenvalue weighted by atomic mass is 10.2. The Morgan fingerprint density at radius 2 is 1.53 bits per heavy atom. The van der Waals surface area contributed by atoms with Crippen LogP contribution < -0.4 is 0 Å². The van der Waals surface area contributed by atoms with Gasteiger partial charge in [0.15, 0.2) is 0 Å². The highest BCUT2D eigenvalue weighted by Crippen LogP contribution is 2.60. The van der Waals surface area contributed by atoms with Gasteiger partial charge in [-0.2, -0.15) is 0 Å². The van der Waals surface area contributed by atoms with Crippen LogP contribution in [0.25, 0.3) is 0 Å². The maximum atomic E-state index is 12.3. The summed E-state index contributed by atoms with van der Waals surface area (Å²) in [4.78, 5) is 1.45. The van der Waals surface area contributed by atoms with E-state index in [9.17, 15) is 4.20 Å². The summed E-state index contributed by atoms with van der Waals surface area (Å²) in [6.45, 7) is 9.25. The van der Waals surface area contributed by atoms with Crippen molar-refractivity contribution in [3.8, 4) is 0 Å². The Hall–Kier alpha value is -0.0700. The van der Waals surface area contributed by atoms with Gasteiger partial charge in [-0.3, -0.25) is 0 Å². The molecule has 0 aliphatic rings. The zero-order valence-electron chi connectivity index (χ0n) is 11.5. The zero-order chi connectivity index (χ0) is 13.1. The van der Waals surface area contributed by atoms with Gasteiger partial charge in [-0.05, 0) is 39.3 Å². The second kappa shape index (κ2) is 6.20. The molecule has 1 atom stereocenters. The second-order valence-corrected chi connectivity index (χ2v) is 10.2. The van der Waals surface area contributed by atoms with E-state index in [1.54, 1.807) is 0 Å². The molecule has 0 amide bonds. The van der Waals surface area contributed by atoms with Crippen molar-refractivity contribution in [2.24, 2.45) is 0 Å². The standard InChI is InChI=1S/C14H24FPS/c1-11(2)17(5,12(3)4)14-8-6-13(7-9-14)10-16-15/h6-9,11-12,16H,10H2,1-5H3. The van der Waals surface area contributed by atoms with Crippen LogP contribution >= 0.6 is 18.9 Å². The molecule has 0 fully saturated rings. The maximum Gasteiger partial charge on any atom is 0.0715 e. The van der Waals surface area contributed by atoms with Crippen LogP contribution in [0.4, 0.5) is 4.20 Å². The molecule has 1 aromatic rings. The molecule has 1 aromatic carbocycles. The van der Waals surface area contributed by atoms with Crippen LogP contribution in [-0.4, -0.2) is 16.8 Å². The molecule has 1 rings (SSSR count). The predicted octanol–water partition coefficient (Wildman–Crippen LogP) is 5.36. The minimum atomic E-state index is -0.774. The van der Waals surface area contributed by atoms with E-state index in [2.05, 4.69) is 58.2 Å². The molecule has 1 unspecified atom stereocenters. The van der Waals surface area contributed by atoms with Crippen molar-refractivity contribution in [1.82, 2.24) is 0 Å². The van der Waals surface area contributed by atoms with Gasteiger partial charge < -0.3 is 0 Å². The fraction of sp³-hybridized carbons (Fsp3) is 0.571. The molecule has 0 N–H and O–H groups in total. The van der Waals surface area contributed by atoms with Gasteiger partial charge in [0.05, 0.1) is 8.89 Å². The summed E-state index contributed by atoms with van der Waals surface area (Å²) in [7, 11) is -1.26. The van der Waals surface area contributed by atoms with Crippen molar-refractivity contribution in [3.63, 3.8) is 0 Å². The van der Waals surface area contributed by atoms with Crippen molar-refractivity contribution >= 4 is 18.9 Å². The van der Waals surface area contributed by atoms with E-state index >= 15 is 0 Å². The summed E-state index contributed by atoms with van der Waals surface area (Å²) in [6, 6.07) is 8.62. The molecule has 0 aromatic heterocycles. The van der Waals surface area contributed by atoms with Crippen LogP contribution in [0.3, 0.4) is 0 Å². The van der Waals surface area contributed by atoms with Gasteiger partial charge in [0.2, 0.25) is 0 Å². The first-order valence-electron chi connectivity index (χ1n) is 6.11. The van der Waals surface area contributed by atoms with Gasteiger partial charge in [0.25, 0.3) is 0 Å². The van der Waals surface area contributed by atoms with Crippen LogP contribution in [0.5, 0.6) is 0 Å². The highest BCUT2D eigenvalue weighted by molar-refractivity contribution is 8.34. The Balaban J connectivity index is 3.04. The number of hydrogen-bond acceptors (Lipinski definition) is 0. The van der Waals surface area contributed by atoms with E-state index in [4.69, 9.17) is 0 Å². The third-order valence-electron chi connectivity index (χ3n) is 3.66. The molecule has 98 valence electrons. The van der Waals surface area contributed by atoms with Gasteiger partial charge in [-0.1, -0.05) is 39.8 Å². The van der Waals surface area contributed by atoms with Crippen LogP contribution in [-0.2, 0) is 6.16 Å². The number of benzene rings is 1. The fourth-order valence-corrected chi connectivity index (χ4v) is 5.36. The molecule has 17 heavy (non-hydrogen) atoms. The van der Waals surface area contributed by atoms with Crippen molar-refractivity contribution < 1.29 is 4.20 Å². The van der Waals surface area contributed by atoms with Crippen molar-refractivity contribution in [2.45, 2.75) is 49.3 Å². The summed E-state index contributed by atoms with van der Waals surface area (Å²) >= 11 is 0. The van der Waals surface area contributed by atoms with E-state index < -0.39 is 18.9 Å². The Bertz CT molecular complexity index is 338. The molecule has 0 heterocycles. The molecule has 0 aliphatic carbocycles. The SMILES string of the molecule is CC(C)S(C)(c1ccc(CPF)cc1)C(C)C. The smallest absolute Gasteiger partial charge is 0.0715 e. The number of halogens is 1. The van der Waals surface area contributed by atoms with Crippen LogP contribution in [0.15, 0.2) is 29.2 Å². The summed E-state index contributed by atoms with van der Waals surface area (Å²) in [5.74, 6) is 0. The molecular formula is C14H24FPS. The quantitative estimate of drug-likeness (QED) is 0.634. The summed E-state index contributed by atoms with van der Waals surface area (Å²) in [5, 5.41) is 1.35. The van der Waals surface area contributed by atoms with Crippen molar-refractivity contribution in [1.29, 1.82) is 0 Å². The Morgan fingerprint density at radius 1 is 1.06 bits per heavy atom. The topological polar surface area (TPSA) is 0 Å². The summed E-state index contributed by atoms with van der Waals surface area (Å²) in [5.41, 5.74) is 1.11. The molecule has 0 aliphatic heterocycles.